The van der Waals surface area contributed by atoms with Gasteiger partial charge < -0.3 is 25.0 Å². The van der Waals surface area contributed by atoms with Gasteiger partial charge in [-0.2, -0.15) is 0 Å². The van der Waals surface area contributed by atoms with Crippen molar-refractivity contribution in [2.75, 3.05) is 45.9 Å². The zero-order valence-electron chi connectivity index (χ0n) is 19.8. The van der Waals surface area contributed by atoms with E-state index in [2.05, 4.69) is 20.5 Å². The summed E-state index contributed by atoms with van der Waals surface area (Å²) in [6.07, 6.45) is 5.96. The van der Waals surface area contributed by atoms with Crippen LogP contribution in [0.5, 0.6) is 0 Å². The molecule has 1 unspecified atom stereocenters. The lowest BCUT2D eigenvalue weighted by Crippen LogP contribution is -2.47. The number of likely N-dealkylation sites (tertiary alicyclic amines) is 1. The molecule has 33 heavy (non-hydrogen) atoms. The Balaban J connectivity index is 0.00000385. The molecule has 186 valence electrons. The first kappa shape index (κ1) is 27.8. The fourth-order valence-electron chi connectivity index (χ4n) is 4.01. The molecule has 2 N–H and O–H groups in total. The summed E-state index contributed by atoms with van der Waals surface area (Å²) >= 11 is 0. The second kappa shape index (κ2) is 14.7. The van der Waals surface area contributed by atoms with Gasteiger partial charge in [-0.25, -0.2) is 4.39 Å². The molecule has 2 saturated heterocycles. The molecule has 0 saturated carbocycles. The van der Waals surface area contributed by atoms with Crippen molar-refractivity contribution < 1.29 is 18.7 Å². The number of guanidine groups is 1. The normalized spacial score (nSPS) is 19.7. The second-order valence-electron chi connectivity index (χ2n) is 8.46. The number of benzene rings is 1. The van der Waals surface area contributed by atoms with E-state index in [0.717, 1.165) is 57.9 Å². The number of amides is 1. The number of halogens is 2. The maximum Gasteiger partial charge on any atom is 0.251 e. The van der Waals surface area contributed by atoms with E-state index in [4.69, 9.17) is 9.47 Å². The van der Waals surface area contributed by atoms with Crippen molar-refractivity contribution in [3.63, 3.8) is 0 Å². The molecule has 1 aromatic rings. The Hall–Kier alpha value is -1.46. The molecule has 2 heterocycles. The van der Waals surface area contributed by atoms with Crippen LogP contribution >= 0.6 is 24.0 Å². The van der Waals surface area contributed by atoms with Gasteiger partial charge in [0.2, 0.25) is 0 Å². The summed E-state index contributed by atoms with van der Waals surface area (Å²) in [7, 11) is 0. The van der Waals surface area contributed by atoms with Gasteiger partial charge in [-0.15, -0.1) is 24.0 Å². The average Bonchev–Trinajstić information content (AvgIpc) is 2.82. The van der Waals surface area contributed by atoms with Crippen molar-refractivity contribution in [3.8, 4) is 0 Å². The van der Waals surface area contributed by atoms with Crippen LogP contribution in [-0.4, -0.2) is 74.9 Å². The predicted molar refractivity (Wildman–Crippen MR) is 139 cm³/mol. The first-order valence-corrected chi connectivity index (χ1v) is 11.9. The van der Waals surface area contributed by atoms with Crippen LogP contribution < -0.4 is 10.6 Å². The van der Waals surface area contributed by atoms with Crippen molar-refractivity contribution in [2.45, 2.75) is 58.2 Å². The van der Waals surface area contributed by atoms with E-state index >= 15 is 0 Å². The zero-order chi connectivity index (χ0) is 22.8. The van der Waals surface area contributed by atoms with Crippen molar-refractivity contribution in [1.29, 1.82) is 0 Å². The van der Waals surface area contributed by atoms with Crippen LogP contribution in [0.3, 0.4) is 0 Å². The third-order valence-corrected chi connectivity index (χ3v) is 5.96. The van der Waals surface area contributed by atoms with Gasteiger partial charge in [0.25, 0.3) is 5.91 Å². The topological polar surface area (TPSA) is 75.2 Å². The standard InChI is InChI=1S/C24H37FN4O3.HI/c1-3-26-24(28-12-11-27-23(30)19-8-7-18(2)22(25)16-19)29-13-9-20(10-14-29)32-17-21-6-4-5-15-31-21;/h7-8,16,20-21H,3-6,9-15,17H2,1-2H3,(H,26,28)(H,27,30);1H. The highest BCUT2D eigenvalue weighted by Crippen LogP contribution is 2.18. The van der Waals surface area contributed by atoms with Crippen LogP contribution in [0.1, 0.15) is 54.9 Å². The molecule has 0 spiro atoms. The van der Waals surface area contributed by atoms with Gasteiger partial charge in [0.05, 0.1) is 25.4 Å². The molecule has 7 nitrogen and oxygen atoms in total. The van der Waals surface area contributed by atoms with Crippen LogP contribution in [0.15, 0.2) is 23.2 Å². The van der Waals surface area contributed by atoms with E-state index in [9.17, 15) is 9.18 Å². The summed E-state index contributed by atoms with van der Waals surface area (Å²) in [5.74, 6) is 0.199. The van der Waals surface area contributed by atoms with Gasteiger partial charge >= 0.3 is 0 Å². The molecule has 2 aliphatic heterocycles. The van der Waals surface area contributed by atoms with Crippen LogP contribution in [0.4, 0.5) is 4.39 Å². The van der Waals surface area contributed by atoms with Gasteiger partial charge in [-0.05, 0) is 63.6 Å². The summed E-state index contributed by atoms with van der Waals surface area (Å²) in [5, 5.41) is 6.15. The molecule has 1 aromatic carbocycles. The molecular weight excluding hydrogens is 538 g/mol. The quantitative estimate of drug-likeness (QED) is 0.215. The summed E-state index contributed by atoms with van der Waals surface area (Å²) < 4.78 is 25.5. The first-order valence-electron chi connectivity index (χ1n) is 11.9. The van der Waals surface area contributed by atoms with E-state index in [1.165, 1.54) is 12.5 Å². The third-order valence-electron chi connectivity index (χ3n) is 5.96. The molecule has 0 radical (unpaired) electrons. The Labute approximate surface area is 213 Å². The largest absolute Gasteiger partial charge is 0.376 e. The van der Waals surface area contributed by atoms with Gasteiger partial charge in [0.15, 0.2) is 5.96 Å². The van der Waals surface area contributed by atoms with Gasteiger partial charge in [-0.1, -0.05) is 6.07 Å². The maximum absolute atomic E-state index is 13.7. The highest BCUT2D eigenvalue weighted by molar-refractivity contribution is 14.0. The van der Waals surface area contributed by atoms with E-state index < -0.39 is 0 Å². The number of aliphatic imine (C=N–C) groups is 1. The fourth-order valence-corrected chi connectivity index (χ4v) is 4.01. The van der Waals surface area contributed by atoms with Crippen LogP contribution in [0.25, 0.3) is 0 Å². The molecular formula is C24H38FIN4O3. The molecule has 3 rings (SSSR count). The molecule has 0 aliphatic carbocycles. The Morgan fingerprint density at radius 1 is 1.24 bits per heavy atom. The third kappa shape index (κ3) is 9.01. The minimum Gasteiger partial charge on any atom is -0.376 e. The number of hydrogen-bond donors (Lipinski definition) is 2. The number of nitrogens with zero attached hydrogens (tertiary/aromatic N) is 2. The number of hydrogen-bond acceptors (Lipinski definition) is 4. The zero-order valence-corrected chi connectivity index (χ0v) is 22.1. The van der Waals surface area contributed by atoms with Crippen molar-refractivity contribution in [1.82, 2.24) is 15.5 Å². The van der Waals surface area contributed by atoms with Crippen molar-refractivity contribution in [3.05, 3.63) is 35.1 Å². The smallest absolute Gasteiger partial charge is 0.251 e. The minimum absolute atomic E-state index is 0. The van der Waals surface area contributed by atoms with Crippen molar-refractivity contribution in [2.24, 2.45) is 4.99 Å². The van der Waals surface area contributed by atoms with Crippen molar-refractivity contribution >= 4 is 35.8 Å². The lowest BCUT2D eigenvalue weighted by Gasteiger charge is -2.35. The molecule has 0 aromatic heterocycles. The lowest BCUT2D eigenvalue weighted by atomic mass is 10.1. The predicted octanol–water partition coefficient (Wildman–Crippen LogP) is 3.50. The van der Waals surface area contributed by atoms with E-state index in [0.29, 0.717) is 30.8 Å². The molecule has 9 heteroatoms. The number of piperidine rings is 1. The van der Waals surface area contributed by atoms with Gasteiger partial charge in [-0.3, -0.25) is 9.79 Å². The Morgan fingerprint density at radius 2 is 2.03 bits per heavy atom. The molecule has 1 atom stereocenters. The van der Waals surface area contributed by atoms with Crippen LogP contribution in [-0.2, 0) is 9.47 Å². The summed E-state index contributed by atoms with van der Waals surface area (Å²) in [6.45, 7) is 8.68. The summed E-state index contributed by atoms with van der Waals surface area (Å²) in [6, 6.07) is 4.51. The molecule has 2 fully saturated rings. The average molecular weight is 576 g/mol. The number of carbonyl (C=O) groups is 1. The van der Waals surface area contributed by atoms with E-state index in [1.54, 1.807) is 19.1 Å². The number of nitrogens with one attached hydrogen (secondary N) is 2. The Bertz CT molecular complexity index is 766. The maximum atomic E-state index is 13.7. The lowest BCUT2D eigenvalue weighted by molar-refractivity contribution is -0.0721. The first-order chi connectivity index (χ1) is 15.6. The van der Waals surface area contributed by atoms with Crippen LogP contribution in [0, 0.1) is 12.7 Å². The Morgan fingerprint density at radius 3 is 2.70 bits per heavy atom. The number of carbonyl (C=O) groups excluding carboxylic acids is 1. The SMILES string of the molecule is CCNC(=NCCNC(=O)c1ccc(C)c(F)c1)N1CCC(OCC2CCCCO2)CC1.I. The minimum atomic E-state index is -0.372. The Kier molecular flexibility index (Phi) is 12.4. The number of rotatable bonds is 8. The van der Waals surface area contributed by atoms with Gasteiger partial charge in [0, 0.05) is 38.3 Å². The van der Waals surface area contributed by atoms with E-state index in [-0.39, 0.29) is 47.9 Å². The van der Waals surface area contributed by atoms with E-state index in [1.807, 2.05) is 6.92 Å². The second-order valence-corrected chi connectivity index (χ2v) is 8.46. The number of aryl methyl sites for hydroxylation is 1. The van der Waals surface area contributed by atoms with Gasteiger partial charge in [0.1, 0.15) is 5.82 Å². The molecule has 2 aliphatic rings. The highest BCUT2D eigenvalue weighted by Gasteiger charge is 2.23. The fraction of sp³-hybridized carbons (Fsp3) is 0.667. The summed E-state index contributed by atoms with van der Waals surface area (Å²) in [5.41, 5.74) is 0.850. The van der Waals surface area contributed by atoms with Crippen LogP contribution in [0.2, 0.25) is 0 Å². The molecule has 1 amide bonds. The number of ether oxygens (including phenoxy) is 2. The highest BCUT2D eigenvalue weighted by atomic mass is 127. The summed E-state index contributed by atoms with van der Waals surface area (Å²) in [4.78, 5) is 19.1. The molecule has 0 bridgehead atoms. The monoisotopic (exact) mass is 576 g/mol.